The fraction of sp³-hybridized carbons (Fsp3) is 0.750. The summed E-state index contributed by atoms with van der Waals surface area (Å²) in [4.78, 5) is 0. The SMILES string of the molecule is CC1(C)OC(O)[C@@H]([C@@H](OCc2ccccc2)[C@@H]2OC(CI)C[C@H]2O[Si](C)(C)C(C)(C)C)O1. The van der Waals surface area contributed by atoms with Gasteiger partial charge in [-0.2, -0.15) is 0 Å². The highest BCUT2D eigenvalue weighted by Gasteiger charge is 2.53. The van der Waals surface area contributed by atoms with Crippen molar-refractivity contribution in [1.29, 1.82) is 0 Å². The molecule has 2 unspecified atom stereocenters. The van der Waals surface area contributed by atoms with Crippen LogP contribution in [-0.2, 0) is 30.0 Å². The lowest BCUT2D eigenvalue weighted by atomic mass is 10.0. The largest absolute Gasteiger partial charge is 0.411 e. The van der Waals surface area contributed by atoms with E-state index in [0.29, 0.717) is 6.61 Å². The smallest absolute Gasteiger partial charge is 0.192 e. The topological polar surface area (TPSA) is 66.4 Å². The van der Waals surface area contributed by atoms with Gasteiger partial charge in [-0.05, 0) is 37.5 Å². The molecule has 0 amide bonds. The predicted molar refractivity (Wildman–Crippen MR) is 135 cm³/mol. The van der Waals surface area contributed by atoms with Gasteiger partial charge in [0.25, 0.3) is 0 Å². The van der Waals surface area contributed by atoms with Crippen LogP contribution in [0.15, 0.2) is 30.3 Å². The molecule has 0 bridgehead atoms. The summed E-state index contributed by atoms with van der Waals surface area (Å²) in [5.41, 5.74) is 1.05. The first-order valence-electron chi connectivity index (χ1n) is 11.4. The Bertz CT molecular complexity index is 738. The molecular formula is C24H39IO6Si. The summed E-state index contributed by atoms with van der Waals surface area (Å²) in [6, 6.07) is 10.0. The first-order valence-corrected chi connectivity index (χ1v) is 15.8. The zero-order chi connectivity index (χ0) is 23.7. The van der Waals surface area contributed by atoms with Crippen molar-refractivity contribution in [3.8, 4) is 0 Å². The molecule has 6 atom stereocenters. The number of aliphatic hydroxyl groups is 1. The minimum absolute atomic E-state index is 0.0747. The van der Waals surface area contributed by atoms with Crippen LogP contribution < -0.4 is 0 Å². The molecule has 1 aromatic rings. The minimum atomic E-state index is -2.04. The summed E-state index contributed by atoms with van der Waals surface area (Å²) in [6.45, 7) is 15.2. The highest BCUT2D eigenvalue weighted by molar-refractivity contribution is 14.1. The number of ether oxygens (including phenoxy) is 4. The Labute approximate surface area is 207 Å². The molecule has 2 aliphatic heterocycles. The van der Waals surface area contributed by atoms with E-state index in [1.54, 1.807) is 13.8 Å². The quantitative estimate of drug-likeness (QED) is 0.266. The van der Waals surface area contributed by atoms with Crippen LogP contribution in [0.2, 0.25) is 18.1 Å². The third-order valence-electron chi connectivity index (χ3n) is 6.67. The van der Waals surface area contributed by atoms with Gasteiger partial charge in [0.2, 0.25) is 0 Å². The van der Waals surface area contributed by atoms with E-state index in [1.807, 2.05) is 30.3 Å². The van der Waals surface area contributed by atoms with Crippen LogP contribution >= 0.6 is 22.6 Å². The number of rotatable bonds is 8. The van der Waals surface area contributed by atoms with Gasteiger partial charge in [0.1, 0.15) is 18.3 Å². The zero-order valence-corrected chi connectivity index (χ0v) is 23.5. The van der Waals surface area contributed by atoms with E-state index in [1.165, 1.54) is 0 Å². The minimum Gasteiger partial charge on any atom is -0.411 e. The predicted octanol–water partition coefficient (Wildman–Crippen LogP) is 5.02. The molecule has 1 N–H and O–H groups in total. The van der Waals surface area contributed by atoms with Crippen molar-refractivity contribution in [2.24, 2.45) is 0 Å². The van der Waals surface area contributed by atoms with E-state index < -0.39 is 32.6 Å². The Kier molecular flexibility index (Phi) is 8.52. The summed E-state index contributed by atoms with van der Waals surface area (Å²) in [6.07, 6.45) is -1.90. The van der Waals surface area contributed by atoms with Gasteiger partial charge in [0.15, 0.2) is 20.4 Å². The summed E-state index contributed by atoms with van der Waals surface area (Å²) >= 11 is 2.36. The van der Waals surface area contributed by atoms with Crippen molar-refractivity contribution in [3.05, 3.63) is 35.9 Å². The Balaban J connectivity index is 1.87. The monoisotopic (exact) mass is 578 g/mol. The summed E-state index contributed by atoms with van der Waals surface area (Å²) in [5, 5.41) is 10.8. The van der Waals surface area contributed by atoms with Crippen LogP contribution in [0.5, 0.6) is 0 Å². The molecule has 0 radical (unpaired) electrons. The second-order valence-corrected chi connectivity index (χ2v) is 16.4. The third-order valence-corrected chi connectivity index (χ3v) is 12.2. The van der Waals surface area contributed by atoms with E-state index in [4.69, 9.17) is 23.4 Å². The van der Waals surface area contributed by atoms with Crippen LogP contribution in [0.25, 0.3) is 0 Å². The molecule has 0 aromatic heterocycles. The maximum absolute atomic E-state index is 10.7. The Morgan fingerprint density at radius 1 is 1.16 bits per heavy atom. The van der Waals surface area contributed by atoms with Crippen LogP contribution in [0.4, 0.5) is 0 Å². The number of aliphatic hydroxyl groups excluding tert-OH is 1. The van der Waals surface area contributed by atoms with E-state index in [9.17, 15) is 5.11 Å². The van der Waals surface area contributed by atoms with Gasteiger partial charge in [-0.1, -0.05) is 73.7 Å². The molecule has 0 aliphatic carbocycles. The second kappa shape index (κ2) is 10.3. The van der Waals surface area contributed by atoms with Crippen molar-refractivity contribution >= 4 is 30.9 Å². The summed E-state index contributed by atoms with van der Waals surface area (Å²) < 4.78 is 32.4. The maximum Gasteiger partial charge on any atom is 0.192 e. The van der Waals surface area contributed by atoms with Crippen LogP contribution in [0, 0.1) is 0 Å². The van der Waals surface area contributed by atoms with E-state index >= 15 is 0 Å². The number of halogens is 1. The van der Waals surface area contributed by atoms with Crippen LogP contribution in [0.3, 0.4) is 0 Å². The van der Waals surface area contributed by atoms with Gasteiger partial charge in [-0.3, -0.25) is 0 Å². The molecule has 0 saturated carbocycles. The van der Waals surface area contributed by atoms with Gasteiger partial charge >= 0.3 is 0 Å². The van der Waals surface area contributed by atoms with Crippen LogP contribution in [-0.4, -0.2) is 60.4 Å². The van der Waals surface area contributed by atoms with Crippen LogP contribution in [0.1, 0.15) is 46.6 Å². The Hall–Kier alpha value is -0.0731. The first kappa shape index (κ1) is 26.5. The van der Waals surface area contributed by atoms with E-state index in [-0.39, 0.29) is 23.4 Å². The zero-order valence-electron chi connectivity index (χ0n) is 20.3. The molecule has 2 fully saturated rings. The highest BCUT2D eigenvalue weighted by atomic mass is 127. The lowest BCUT2D eigenvalue weighted by Crippen LogP contribution is -2.53. The van der Waals surface area contributed by atoms with Crippen molar-refractivity contribution < 1.29 is 28.5 Å². The maximum atomic E-state index is 10.7. The van der Waals surface area contributed by atoms with Crippen molar-refractivity contribution in [1.82, 2.24) is 0 Å². The Morgan fingerprint density at radius 2 is 1.81 bits per heavy atom. The molecule has 0 spiro atoms. The van der Waals surface area contributed by atoms with Gasteiger partial charge < -0.3 is 28.5 Å². The molecule has 2 saturated heterocycles. The molecule has 3 rings (SSSR count). The average Bonchev–Trinajstić information content (AvgIpc) is 3.21. The fourth-order valence-electron chi connectivity index (χ4n) is 3.96. The van der Waals surface area contributed by atoms with Gasteiger partial charge in [0, 0.05) is 10.8 Å². The number of hydrogen-bond donors (Lipinski definition) is 1. The lowest BCUT2D eigenvalue weighted by Gasteiger charge is -2.41. The molecular weight excluding hydrogens is 539 g/mol. The number of alkyl halides is 1. The molecule has 2 aliphatic rings. The highest BCUT2D eigenvalue weighted by Crippen LogP contribution is 2.42. The van der Waals surface area contributed by atoms with Crippen molar-refractivity contribution in [3.63, 3.8) is 0 Å². The summed E-state index contributed by atoms with van der Waals surface area (Å²) in [7, 11) is -2.04. The van der Waals surface area contributed by atoms with Gasteiger partial charge in [-0.25, -0.2) is 0 Å². The molecule has 32 heavy (non-hydrogen) atoms. The molecule has 8 heteroatoms. The van der Waals surface area contributed by atoms with Crippen molar-refractivity contribution in [2.75, 3.05) is 4.43 Å². The van der Waals surface area contributed by atoms with Crippen molar-refractivity contribution in [2.45, 2.75) is 108 Å². The lowest BCUT2D eigenvalue weighted by molar-refractivity contribution is -0.183. The summed E-state index contributed by atoms with van der Waals surface area (Å²) in [5.74, 6) is -0.893. The average molecular weight is 579 g/mol. The second-order valence-electron chi connectivity index (χ2n) is 10.8. The van der Waals surface area contributed by atoms with E-state index in [0.717, 1.165) is 16.4 Å². The number of hydrogen-bond acceptors (Lipinski definition) is 6. The van der Waals surface area contributed by atoms with Gasteiger partial charge in [0.05, 0.1) is 18.8 Å². The normalized spacial score (nSPS) is 31.7. The molecule has 1 aromatic carbocycles. The number of benzene rings is 1. The third kappa shape index (κ3) is 6.32. The molecule has 6 nitrogen and oxygen atoms in total. The molecule has 2 heterocycles. The standard InChI is InChI=1S/C24H39IO6Si/c1-23(2,3)32(6,7)31-18-13-17(14-25)28-19(18)20(21-22(26)30-24(4,5)29-21)27-15-16-11-9-8-10-12-16/h8-12,17-22,26H,13-15H2,1-7H3/t17?,18-,19-,20+,21-,22?/m1/s1. The van der Waals surface area contributed by atoms with Gasteiger partial charge in [-0.15, -0.1) is 0 Å². The van der Waals surface area contributed by atoms with E-state index in [2.05, 4.69) is 56.5 Å². The Morgan fingerprint density at radius 3 is 2.34 bits per heavy atom. The first-order chi connectivity index (χ1) is 14.8. The molecule has 182 valence electrons. The fourth-order valence-corrected chi connectivity index (χ4v) is 5.87.